The summed E-state index contributed by atoms with van der Waals surface area (Å²) in [7, 11) is 2.68. The van der Waals surface area contributed by atoms with Gasteiger partial charge in [-0.05, 0) is 42.9 Å². The molecule has 148 valence electrons. The van der Waals surface area contributed by atoms with Crippen LogP contribution in [0.3, 0.4) is 0 Å². The van der Waals surface area contributed by atoms with E-state index in [0.717, 1.165) is 29.7 Å². The number of nitrogens with one attached hydrogen (secondary N) is 2. The van der Waals surface area contributed by atoms with Crippen molar-refractivity contribution in [3.05, 3.63) is 45.8 Å². The molecule has 3 rings (SSSR count). The third kappa shape index (κ3) is 4.01. The number of carbonyl (C=O) groups is 3. The van der Waals surface area contributed by atoms with Crippen LogP contribution in [0.5, 0.6) is 5.75 Å². The van der Waals surface area contributed by atoms with Crippen LogP contribution in [0.15, 0.2) is 24.3 Å². The molecule has 0 saturated heterocycles. The third-order valence-electron chi connectivity index (χ3n) is 4.72. The van der Waals surface area contributed by atoms with Crippen LogP contribution in [0.4, 0.5) is 9.80 Å². The molecule has 7 nitrogen and oxygen atoms in total. The Balaban J connectivity index is 1.96. The van der Waals surface area contributed by atoms with Crippen LogP contribution in [-0.4, -0.2) is 32.1 Å². The molecular weight excluding hydrogens is 380 g/mol. The zero-order valence-corrected chi connectivity index (χ0v) is 16.8. The monoisotopic (exact) mass is 402 g/mol. The Bertz CT molecular complexity index is 921. The van der Waals surface area contributed by atoms with Crippen LogP contribution in [-0.2, 0) is 17.6 Å². The van der Waals surface area contributed by atoms with E-state index in [1.165, 1.54) is 25.6 Å². The van der Waals surface area contributed by atoms with Gasteiger partial charge in [0.1, 0.15) is 10.8 Å². The number of alkyl carbamates (subject to hydrolysis) is 1. The van der Waals surface area contributed by atoms with Gasteiger partial charge in [-0.3, -0.25) is 14.9 Å². The first-order valence-corrected chi connectivity index (χ1v) is 9.74. The lowest BCUT2D eigenvalue weighted by molar-refractivity contribution is 0.0937. The van der Waals surface area contributed by atoms with Gasteiger partial charge in [0.25, 0.3) is 11.8 Å². The van der Waals surface area contributed by atoms with E-state index in [1.54, 1.807) is 24.3 Å². The fourth-order valence-corrected chi connectivity index (χ4v) is 4.69. The molecule has 0 spiro atoms. The molecule has 1 aliphatic carbocycles. The Hall–Kier alpha value is -2.87. The van der Waals surface area contributed by atoms with Crippen LogP contribution >= 0.6 is 11.3 Å². The van der Waals surface area contributed by atoms with Gasteiger partial charge in [-0.15, -0.1) is 11.3 Å². The first-order chi connectivity index (χ1) is 13.4. The van der Waals surface area contributed by atoms with E-state index in [2.05, 4.69) is 22.3 Å². The first-order valence-electron chi connectivity index (χ1n) is 8.92. The van der Waals surface area contributed by atoms with Crippen molar-refractivity contribution in [3.63, 3.8) is 0 Å². The summed E-state index contributed by atoms with van der Waals surface area (Å²) in [5.41, 5.74) is 1.59. The van der Waals surface area contributed by atoms with Crippen molar-refractivity contribution in [1.29, 1.82) is 0 Å². The van der Waals surface area contributed by atoms with E-state index in [1.807, 2.05) is 0 Å². The van der Waals surface area contributed by atoms with Crippen LogP contribution in [0.25, 0.3) is 0 Å². The highest BCUT2D eigenvalue weighted by Gasteiger charge is 2.29. The topological polar surface area (TPSA) is 93.7 Å². The van der Waals surface area contributed by atoms with Crippen molar-refractivity contribution in [2.75, 3.05) is 19.5 Å². The van der Waals surface area contributed by atoms with Gasteiger partial charge in [-0.1, -0.05) is 19.1 Å². The molecule has 2 N–H and O–H groups in total. The van der Waals surface area contributed by atoms with E-state index in [-0.39, 0.29) is 5.91 Å². The van der Waals surface area contributed by atoms with Crippen molar-refractivity contribution in [3.8, 4) is 5.75 Å². The number of ether oxygens (including phenoxy) is 2. The highest BCUT2D eigenvalue weighted by molar-refractivity contribution is 7.17. The van der Waals surface area contributed by atoms with E-state index in [9.17, 15) is 14.4 Å². The van der Waals surface area contributed by atoms with Gasteiger partial charge in [-0.25, -0.2) is 4.79 Å². The average molecular weight is 402 g/mol. The minimum Gasteiger partial charge on any atom is -0.496 e. The largest absolute Gasteiger partial charge is 0.496 e. The number of anilines is 1. The van der Waals surface area contributed by atoms with Gasteiger partial charge >= 0.3 is 6.09 Å². The van der Waals surface area contributed by atoms with Gasteiger partial charge < -0.3 is 14.8 Å². The molecule has 0 radical (unpaired) electrons. The molecule has 0 aliphatic heterocycles. The summed E-state index contributed by atoms with van der Waals surface area (Å²) < 4.78 is 9.78. The molecule has 0 bridgehead atoms. The zero-order valence-electron chi connectivity index (χ0n) is 16.0. The maximum atomic E-state index is 12.8. The molecule has 3 amide bonds. The Morgan fingerprint density at radius 1 is 1.14 bits per heavy atom. The van der Waals surface area contributed by atoms with Crippen molar-refractivity contribution >= 4 is 34.2 Å². The molecular formula is C20H22N2O5S. The number of rotatable bonds is 4. The van der Waals surface area contributed by atoms with Gasteiger partial charge in [-0.2, -0.15) is 0 Å². The number of para-hydroxylation sites is 1. The molecule has 1 aromatic carbocycles. The van der Waals surface area contributed by atoms with Crippen molar-refractivity contribution in [2.45, 2.75) is 26.2 Å². The second-order valence-corrected chi connectivity index (χ2v) is 7.76. The predicted octanol–water partition coefficient (Wildman–Crippen LogP) is 3.63. The van der Waals surface area contributed by atoms with Crippen molar-refractivity contribution in [2.24, 2.45) is 5.92 Å². The van der Waals surface area contributed by atoms with Crippen LogP contribution in [0.1, 0.15) is 44.5 Å². The minimum atomic E-state index is -0.837. The number of imide groups is 1. The Kier molecular flexibility index (Phi) is 5.99. The minimum absolute atomic E-state index is 0.334. The summed E-state index contributed by atoms with van der Waals surface area (Å²) in [4.78, 5) is 38.1. The molecule has 0 unspecified atom stereocenters. The molecule has 8 heteroatoms. The SMILES string of the molecule is COC(=O)NC(=O)c1c(NC(=O)c2ccccc2OC)sc2c1CC[C@H](C)C2. The van der Waals surface area contributed by atoms with E-state index in [4.69, 9.17) is 4.74 Å². The van der Waals surface area contributed by atoms with E-state index in [0.29, 0.717) is 27.8 Å². The molecule has 0 saturated carbocycles. The first kappa shape index (κ1) is 19.9. The zero-order chi connectivity index (χ0) is 20.3. The van der Waals surface area contributed by atoms with Crippen LogP contribution in [0.2, 0.25) is 0 Å². The summed E-state index contributed by atoms with van der Waals surface area (Å²) in [6, 6.07) is 6.86. The molecule has 1 aromatic heterocycles. The lowest BCUT2D eigenvalue weighted by atomic mass is 9.88. The quantitative estimate of drug-likeness (QED) is 0.815. The summed E-state index contributed by atoms with van der Waals surface area (Å²) in [5.74, 6) is -0.0126. The summed E-state index contributed by atoms with van der Waals surface area (Å²) >= 11 is 1.38. The van der Waals surface area contributed by atoms with E-state index < -0.39 is 12.0 Å². The normalized spacial score (nSPS) is 15.3. The average Bonchev–Trinajstić information content (AvgIpc) is 3.04. The predicted molar refractivity (Wildman–Crippen MR) is 106 cm³/mol. The van der Waals surface area contributed by atoms with E-state index >= 15 is 0 Å². The maximum Gasteiger partial charge on any atom is 0.413 e. The molecule has 1 atom stereocenters. The van der Waals surface area contributed by atoms with Gasteiger partial charge in [0.2, 0.25) is 0 Å². The third-order valence-corrected chi connectivity index (χ3v) is 5.89. The Labute approximate surface area is 167 Å². The van der Waals surface area contributed by atoms with Gasteiger partial charge in [0, 0.05) is 4.88 Å². The Morgan fingerprint density at radius 3 is 2.61 bits per heavy atom. The number of fused-ring (bicyclic) bond motifs is 1. The lowest BCUT2D eigenvalue weighted by Gasteiger charge is -2.18. The van der Waals surface area contributed by atoms with Crippen LogP contribution in [0, 0.1) is 5.92 Å². The number of hydrogen-bond donors (Lipinski definition) is 2. The number of methoxy groups -OCH3 is 2. The molecule has 0 fully saturated rings. The van der Waals surface area contributed by atoms with Crippen molar-refractivity contribution in [1.82, 2.24) is 5.32 Å². The maximum absolute atomic E-state index is 12.8. The van der Waals surface area contributed by atoms with Crippen LogP contribution < -0.4 is 15.4 Å². The van der Waals surface area contributed by atoms with Gasteiger partial charge in [0.05, 0.1) is 25.3 Å². The molecule has 1 aliphatic rings. The second-order valence-electron chi connectivity index (χ2n) is 6.66. The lowest BCUT2D eigenvalue weighted by Crippen LogP contribution is -2.31. The second kappa shape index (κ2) is 8.43. The number of thiophene rings is 1. The number of carbonyl (C=O) groups excluding carboxylic acids is 3. The molecule has 2 aromatic rings. The fraction of sp³-hybridized carbons (Fsp3) is 0.350. The highest BCUT2D eigenvalue weighted by Crippen LogP contribution is 2.40. The molecule has 1 heterocycles. The Morgan fingerprint density at radius 2 is 1.89 bits per heavy atom. The number of benzene rings is 1. The summed E-state index contributed by atoms with van der Waals surface area (Å²) in [6.45, 7) is 2.16. The number of hydrogen-bond acceptors (Lipinski definition) is 6. The van der Waals surface area contributed by atoms with Crippen molar-refractivity contribution < 1.29 is 23.9 Å². The number of amides is 3. The summed E-state index contributed by atoms with van der Waals surface area (Å²) in [6.07, 6.45) is 1.67. The smallest absolute Gasteiger partial charge is 0.413 e. The fourth-order valence-electron chi connectivity index (χ4n) is 3.29. The van der Waals surface area contributed by atoms with Gasteiger partial charge in [0.15, 0.2) is 0 Å². The highest BCUT2D eigenvalue weighted by atomic mass is 32.1. The standard InChI is InChI=1S/C20H22N2O5S/c1-11-8-9-13-15(10-11)28-19(16(13)18(24)22-20(25)27-3)21-17(23)12-6-4-5-7-14(12)26-2/h4-7,11H,8-10H2,1-3H3,(H,21,23)(H,22,24,25)/t11-/m0/s1. The summed E-state index contributed by atoms with van der Waals surface area (Å²) in [5, 5.41) is 5.46. The molecule has 28 heavy (non-hydrogen) atoms.